The zero-order chi connectivity index (χ0) is 27.9. The van der Waals surface area contributed by atoms with Crippen LogP contribution in [0.2, 0.25) is 0 Å². The van der Waals surface area contributed by atoms with Gasteiger partial charge in [0.15, 0.2) is 0 Å². The number of aliphatic hydroxyl groups is 1. The Labute approximate surface area is 225 Å². The van der Waals surface area contributed by atoms with Crippen LogP contribution in [0.1, 0.15) is 42.5 Å². The lowest BCUT2D eigenvalue weighted by Gasteiger charge is -2.45. The Morgan fingerprint density at radius 2 is 2.00 bits per heavy atom. The van der Waals surface area contributed by atoms with Crippen molar-refractivity contribution in [3.63, 3.8) is 0 Å². The number of hydrogen-bond donors (Lipinski definition) is 3. The molecule has 1 aromatic heterocycles. The second-order valence-corrected chi connectivity index (χ2v) is 10.8. The molecule has 1 fully saturated rings. The molecular weight excluding hydrogens is 508 g/mol. The van der Waals surface area contributed by atoms with Crippen LogP contribution >= 0.6 is 0 Å². The third-order valence-electron chi connectivity index (χ3n) is 8.33. The topological polar surface area (TPSA) is 106 Å². The highest BCUT2D eigenvalue weighted by Crippen LogP contribution is 2.55. The second kappa shape index (κ2) is 10.6. The molecular formula is C29H33F2N3O5. The van der Waals surface area contributed by atoms with Gasteiger partial charge in [0.1, 0.15) is 11.5 Å². The maximum atomic E-state index is 14.3. The van der Waals surface area contributed by atoms with Gasteiger partial charge >= 0.3 is 6.61 Å². The number of amides is 2. The van der Waals surface area contributed by atoms with Crippen molar-refractivity contribution in [3.05, 3.63) is 59.3 Å². The first kappa shape index (κ1) is 27.1. The molecule has 3 atom stereocenters. The number of ether oxygens (including phenoxy) is 1. The molecule has 1 saturated heterocycles. The van der Waals surface area contributed by atoms with Crippen molar-refractivity contribution in [2.45, 2.75) is 38.7 Å². The van der Waals surface area contributed by atoms with Crippen LogP contribution in [0.25, 0.3) is 10.9 Å². The SMILES string of the molecule is CN(CCO)CCN1C(=O)CCC2[C@H](c3cccc(O)c3)c3[nH]c4ccc(OC(F)F)cc4c3C[C@@]2(C)C1=O. The molecule has 0 saturated carbocycles. The molecule has 0 bridgehead atoms. The third-order valence-corrected chi connectivity index (χ3v) is 8.33. The number of nitrogens with one attached hydrogen (secondary N) is 1. The number of H-pyrrole nitrogens is 1. The van der Waals surface area contributed by atoms with Gasteiger partial charge in [0, 0.05) is 48.6 Å². The van der Waals surface area contributed by atoms with Crippen LogP contribution in [0.3, 0.4) is 0 Å². The van der Waals surface area contributed by atoms with E-state index in [1.54, 1.807) is 30.3 Å². The lowest BCUT2D eigenvalue weighted by molar-refractivity contribution is -0.151. The Morgan fingerprint density at radius 1 is 1.21 bits per heavy atom. The van der Waals surface area contributed by atoms with Crippen LogP contribution in [0, 0.1) is 11.3 Å². The van der Waals surface area contributed by atoms with Gasteiger partial charge in [0.2, 0.25) is 11.8 Å². The lowest BCUT2D eigenvalue weighted by atomic mass is 9.59. The van der Waals surface area contributed by atoms with Crippen molar-refractivity contribution in [2.75, 3.05) is 33.3 Å². The lowest BCUT2D eigenvalue weighted by Crippen LogP contribution is -2.51. The highest BCUT2D eigenvalue weighted by atomic mass is 19.3. The normalized spacial score (nSPS) is 23.3. The number of halogens is 2. The molecule has 2 heterocycles. The summed E-state index contributed by atoms with van der Waals surface area (Å²) in [4.78, 5) is 34.2. The largest absolute Gasteiger partial charge is 0.508 e. The Balaban J connectivity index is 1.63. The Morgan fingerprint density at radius 3 is 2.72 bits per heavy atom. The molecule has 1 aliphatic heterocycles. The van der Waals surface area contributed by atoms with E-state index in [1.165, 1.54) is 11.0 Å². The molecule has 8 nitrogen and oxygen atoms in total. The number of aromatic hydroxyl groups is 1. The van der Waals surface area contributed by atoms with Crippen molar-refractivity contribution in [2.24, 2.45) is 11.3 Å². The van der Waals surface area contributed by atoms with Gasteiger partial charge in [0.05, 0.1) is 12.0 Å². The predicted octanol–water partition coefficient (Wildman–Crippen LogP) is 3.86. The van der Waals surface area contributed by atoms with Crippen LogP contribution in [-0.4, -0.2) is 76.7 Å². The standard InChI is InChI=1S/C29H33F2N3O5/c1-29-16-21-20-15-19(39-28(30)31)6-8-23(20)32-26(21)25(17-4-3-5-18(36)14-17)22(29)7-9-24(37)34(27(29)38)11-10-33(2)12-13-35/h3-6,8,14-15,22,25,28,32,35-36H,7,9-13,16H2,1-2H3/t22?,25-,29+/m0/s1. The molecule has 10 heteroatoms. The second-order valence-electron chi connectivity index (χ2n) is 10.8. The number of aromatic nitrogens is 1. The van der Waals surface area contributed by atoms with Crippen molar-refractivity contribution in [3.8, 4) is 11.5 Å². The number of carbonyl (C=O) groups excluding carboxylic acids is 2. The van der Waals surface area contributed by atoms with E-state index in [1.807, 2.05) is 24.9 Å². The van der Waals surface area contributed by atoms with E-state index in [0.29, 0.717) is 31.3 Å². The molecule has 208 valence electrons. The smallest absolute Gasteiger partial charge is 0.387 e. The van der Waals surface area contributed by atoms with Crippen molar-refractivity contribution >= 4 is 22.7 Å². The number of likely N-dealkylation sites (tertiary alicyclic amines) is 1. The van der Waals surface area contributed by atoms with Crippen molar-refractivity contribution in [1.29, 1.82) is 0 Å². The average molecular weight is 542 g/mol. The number of likely N-dealkylation sites (N-methyl/N-ethyl adjacent to an activating group) is 1. The van der Waals surface area contributed by atoms with Gasteiger partial charge in [-0.1, -0.05) is 19.1 Å². The summed E-state index contributed by atoms with van der Waals surface area (Å²) in [5.41, 5.74) is 2.23. The summed E-state index contributed by atoms with van der Waals surface area (Å²) in [7, 11) is 1.82. The fourth-order valence-corrected chi connectivity index (χ4v) is 6.40. The molecule has 1 aliphatic carbocycles. The predicted molar refractivity (Wildman–Crippen MR) is 141 cm³/mol. The monoisotopic (exact) mass is 541 g/mol. The van der Waals surface area contributed by atoms with E-state index in [9.17, 15) is 28.6 Å². The van der Waals surface area contributed by atoms with Gasteiger partial charge in [-0.2, -0.15) is 8.78 Å². The number of carbonyl (C=O) groups is 2. The number of phenols is 1. The van der Waals surface area contributed by atoms with E-state index in [4.69, 9.17) is 0 Å². The zero-order valence-electron chi connectivity index (χ0n) is 22.0. The summed E-state index contributed by atoms with van der Waals surface area (Å²) in [6.07, 6.45) is 0.988. The molecule has 3 N–H and O–H groups in total. The minimum Gasteiger partial charge on any atom is -0.508 e. The van der Waals surface area contributed by atoms with Gasteiger partial charge in [0.25, 0.3) is 0 Å². The number of aromatic amines is 1. The maximum absolute atomic E-state index is 14.3. The van der Waals surface area contributed by atoms with Crippen molar-refractivity contribution in [1.82, 2.24) is 14.8 Å². The molecule has 2 aliphatic rings. The Kier molecular flexibility index (Phi) is 7.35. The summed E-state index contributed by atoms with van der Waals surface area (Å²) < 4.78 is 30.6. The number of nitrogens with zero attached hydrogens (tertiary/aromatic N) is 2. The van der Waals surface area contributed by atoms with Crippen LogP contribution in [-0.2, 0) is 16.0 Å². The molecule has 1 unspecified atom stereocenters. The minimum atomic E-state index is -2.97. The number of benzene rings is 2. The van der Waals surface area contributed by atoms with E-state index < -0.39 is 12.0 Å². The molecule has 3 aromatic rings. The molecule has 2 amide bonds. The minimum absolute atomic E-state index is 0.0234. The summed E-state index contributed by atoms with van der Waals surface area (Å²) >= 11 is 0. The highest BCUT2D eigenvalue weighted by Gasteiger charge is 2.54. The van der Waals surface area contributed by atoms with Gasteiger partial charge in [-0.15, -0.1) is 0 Å². The zero-order valence-corrected chi connectivity index (χ0v) is 22.0. The van der Waals surface area contributed by atoms with Crippen LogP contribution < -0.4 is 4.74 Å². The first-order valence-corrected chi connectivity index (χ1v) is 13.1. The van der Waals surface area contributed by atoms with Crippen molar-refractivity contribution < 1.29 is 33.3 Å². The number of aliphatic hydroxyl groups excluding tert-OH is 1. The van der Waals surface area contributed by atoms with Crippen LogP contribution in [0.15, 0.2) is 42.5 Å². The van der Waals surface area contributed by atoms with E-state index in [0.717, 1.165) is 22.3 Å². The average Bonchev–Trinajstić information content (AvgIpc) is 3.19. The number of hydrogen-bond acceptors (Lipinski definition) is 6. The number of imide groups is 1. The quantitative estimate of drug-likeness (QED) is 0.374. The Hall–Kier alpha value is -3.50. The van der Waals surface area contributed by atoms with Gasteiger partial charge in [-0.25, -0.2) is 0 Å². The molecule has 0 spiro atoms. The molecule has 2 aromatic carbocycles. The third kappa shape index (κ3) is 4.98. The highest BCUT2D eigenvalue weighted by molar-refractivity contribution is 6.00. The summed E-state index contributed by atoms with van der Waals surface area (Å²) in [6, 6.07) is 11.6. The number of rotatable bonds is 8. The fourth-order valence-electron chi connectivity index (χ4n) is 6.40. The number of fused-ring (bicyclic) bond motifs is 4. The number of alkyl halides is 2. The van der Waals surface area contributed by atoms with Gasteiger partial charge < -0.3 is 24.8 Å². The van der Waals surface area contributed by atoms with E-state index >= 15 is 0 Å². The van der Waals surface area contributed by atoms with E-state index in [2.05, 4.69) is 9.72 Å². The summed E-state index contributed by atoms with van der Waals surface area (Å²) in [6.45, 7) is -0.0323. The van der Waals surface area contributed by atoms with E-state index in [-0.39, 0.29) is 54.7 Å². The summed E-state index contributed by atoms with van der Waals surface area (Å²) in [5, 5.41) is 20.2. The van der Waals surface area contributed by atoms with Gasteiger partial charge in [-0.05, 0) is 67.3 Å². The summed E-state index contributed by atoms with van der Waals surface area (Å²) in [5.74, 6) is -0.980. The van der Waals surface area contributed by atoms with Crippen LogP contribution in [0.5, 0.6) is 11.5 Å². The molecule has 0 radical (unpaired) electrons. The number of phenolic OH excluding ortho intramolecular Hbond substituents is 1. The van der Waals surface area contributed by atoms with Crippen LogP contribution in [0.4, 0.5) is 8.78 Å². The molecule has 5 rings (SSSR count). The first-order chi connectivity index (χ1) is 18.6. The fraction of sp³-hybridized carbons (Fsp3) is 0.448. The maximum Gasteiger partial charge on any atom is 0.387 e. The Bertz CT molecular complexity index is 1390. The first-order valence-electron chi connectivity index (χ1n) is 13.1. The van der Waals surface area contributed by atoms with Gasteiger partial charge in [-0.3, -0.25) is 14.5 Å². The molecule has 39 heavy (non-hydrogen) atoms.